The van der Waals surface area contributed by atoms with Crippen LogP contribution in [0.1, 0.15) is 24.0 Å². The number of methoxy groups -OCH3 is 2. The van der Waals surface area contributed by atoms with E-state index in [0.29, 0.717) is 24.0 Å². The van der Waals surface area contributed by atoms with Crippen molar-refractivity contribution < 1.29 is 14.3 Å². The van der Waals surface area contributed by atoms with Crippen molar-refractivity contribution >= 4 is 23.3 Å². The molecule has 1 fully saturated rings. The lowest BCUT2D eigenvalue weighted by Gasteiger charge is -2.37. The molecule has 154 valence electrons. The van der Waals surface area contributed by atoms with Crippen LogP contribution in [0.3, 0.4) is 0 Å². The van der Waals surface area contributed by atoms with Gasteiger partial charge < -0.3 is 19.3 Å². The van der Waals surface area contributed by atoms with Crippen LogP contribution in [-0.2, 0) is 17.8 Å². The summed E-state index contributed by atoms with van der Waals surface area (Å²) in [5.74, 6) is 2.37. The molecule has 3 heterocycles. The predicted molar refractivity (Wildman–Crippen MR) is 111 cm³/mol. The van der Waals surface area contributed by atoms with Gasteiger partial charge in [-0.1, -0.05) is 11.6 Å². The fourth-order valence-electron chi connectivity index (χ4n) is 4.19. The van der Waals surface area contributed by atoms with Crippen LogP contribution in [0.15, 0.2) is 24.3 Å². The number of halogens is 1. The second-order valence-electron chi connectivity index (χ2n) is 7.49. The van der Waals surface area contributed by atoms with Gasteiger partial charge in [0.25, 0.3) is 0 Å². The third kappa shape index (κ3) is 4.10. The zero-order valence-electron chi connectivity index (χ0n) is 16.7. The molecule has 0 aliphatic carbocycles. The lowest BCUT2D eigenvalue weighted by atomic mass is 9.93. The van der Waals surface area contributed by atoms with Gasteiger partial charge in [0.05, 0.1) is 20.1 Å². The summed E-state index contributed by atoms with van der Waals surface area (Å²) in [6.45, 7) is 2.86. The Morgan fingerprint density at radius 2 is 1.86 bits per heavy atom. The van der Waals surface area contributed by atoms with Crippen molar-refractivity contribution in [2.24, 2.45) is 5.92 Å². The van der Waals surface area contributed by atoms with Crippen molar-refractivity contribution in [3.8, 4) is 11.5 Å². The Balaban J connectivity index is 1.46. The number of ether oxygens (including phenoxy) is 2. The molecule has 0 unspecified atom stereocenters. The fourth-order valence-corrected chi connectivity index (χ4v) is 4.29. The molecule has 7 nitrogen and oxygen atoms in total. The van der Waals surface area contributed by atoms with Crippen LogP contribution in [-0.4, -0.2) is 54.9 Å². The van der Waals surface area contributed by atoms with Crippen molar-refractivity contribution in [3.63, 3.8) is 0 Å². The van der Waals surface area contributed by atoms with E-state index in [4.69, 9.17) is 21.1 Å². The summed E-state index contributed by atoms with van der Waals surface area (Å²) >= 11 is 5.84. The summed E-state index contributed by atoms with van der Waals surface area (Å²) in [7, 11) is 3.27. The van der Waals surface area contributed by atoms with Crippen LogP contribution < -0.4 is 14.4 Å². The van der Waals surface area contributed by atoms with Crippen LogP contribution in [0.2, 0.25) is 5.15 Å². The minimum Gasteiger partial charge on any atom is -0.493 e. The Kier molecular flexibility index (Phi) is 5.76. The second kappa shape index (κ2) is 8.45. The Bertz CT molecular complexity index is 890. The SMILES string of the molecule is COc1cc2c(cc1OC)CN(C(=O)[C@@H]1CCCN(c3ccc(Cl)nn3)C1)CC2. The number of carbonyl (C=O) groups excluding carboxylic acids is 1. The lowest BCUT2D eigenvalue weighted by Crippen LogP contribution is -2.46. The summed E-state index contributed by atoms with van der Waals surface area (Å²) < 4.78 is 10.8. The Labute approximate surface area is 175 Å². The average Bonchev–Trinajstić information content (AvgIpc) is 2.77. The first kappa shape index (κ1) is 19.8. The Morgan fingerprint density at radius 3 is 2.55 bits per heavy atom. The van der Waals surface area contributed by atoms with Gasteiger partial charge in [-0.15, -0.1) is 10.2 Å². The van der Waals surface area contributed by atoms with Crippen molar-refractivity contribution in [2.45, 2.75) is 25.8 Å². The molecular formula is C21H25ClN4O3. The van der Waals surface area contributed by atoms with Crippen molar-refractivity contribution in [1.82, 2.24) is 15.1 Å². The zero-order valence-corrected chi connectivity index (χ0v) is 17.5. The number of piperidine rings is 1. The van der Waals surface area contributed by atoms with Crippen molar-refractivity contribution in [1.29, 1.82) is 0 Å². The fraction of sp³-hybridized carbons (Fsp3) is 0.476. The Morgan fingerprint density at radius 1 is 1.10 bits per heavy atom. The first-order valence-electron chi connectivity index (χ1n) is 9.85. The summed E-state index contributed by atoms with van der Waals surface area (Å²) in [6.07, 6.45) is 2.67. The third-order valence-electron chi connectivity index (χ3n) is 5.74. The highest BCUT2D eigenvalue weighted by Crippen LogP contribution is 2.34. The summed E-state index contributed by atoms with van der Waals surface area (Å²) in [5, 5.41) is 8.47. The van der Waals surface area contributed by atoms with Gasteiger partial charge in [0.15, 0.2) is 22.5 Å². The molecule has 1 amide bonds. The maximum atomic E-state index is 13.3. The second-order valence-corrected chi connectivity index (χ2v) is 7.87. The topological polar surface area (TPSA) is 67.8 Å². The van der Waals surface area contributed by atoms with Gasteiger partial charge in [-0.2, -0.15) is 0 Å². The van der Waals surface area contributed by atoms with E-state index in [1.165, 1.54) is 5.56 Å². The first-order valence-corrected chi connectivity index (χ1v) is 10.2. The highest BCUT2D eigenvalue weighted by atomic mass is 35.5. The van der Waals surface area contributed by atoms with Gasteiger partial charge in [0.2, 0.25) is 5.91 Å². The molecule has 1 aromatic carbocycles. The smallest absolute Gasteiger partial charge is 0.227 e. The van der Waals surface area contributed by atoms with E-state index >= 15 is 0 Å². The molecule has 0 saturated carbocycles. The van der Waals surface area contributed by atoms with Crippen molar-refractivity contribution in [3.05, 3.63) is 40.5 Å². The molecule has 0 bridgehead atoms. The number of carbonyl (C=O) groups is 1. The van der Waals surface area contributed by atoms with Crippen LogP contribution in [0.5, 0.6) is 11.5 Å². The summed E-state index contributed by atoms with van der Waals surface area (Å²) in [6, 6.07) is 7.61. The lowest BCUT2D eigenvalue weighted by molar-refractivity contribution is -0.136. The number of hydrogen-bond acceptors (Lipinski definition) is 6. The minimum atomic E-state index is -0.0390. The number of benzene rings is 1. The van der Waals surface area contributed by atoms with E-state index < -0.39 is 0 Å². The van der Waals surface area contributed by atoms with Gasteiger partial charge in [0.1, 0.15) is 0 Å². The first-order chi connectivity index (χ1) is 14.1. The molecule has 4 rings (SSSR count). The monoisotopic (exact) mass is 416 g/mol. The van der Waals surface area contributed by atoms with Gasteiger partial charge in [0, 0.05) is 26.2 Å². The van der Waals surface area contributed by atoms with E-state index in [1.807, 2.05) is 23.1 Å². The molecule has 2 aliphatic heterocycles. The van der Waals surface area contributed by atoms with E-state index in [-0.39, 0.29) is 11.8 Å². The van der Waals surface area contributed by atoms with E-state index in [9.17, 15) is 4.79 Å². The summed E-state index contributed by atoms with van der Waals surface area (Å²) in [4.78, 5) is 17.4. The minimum absolute atomic E-state index is 0.0390. The maximum absolute atomic E-state index is 13.3. The van der Waals surface area contributed by atoms with Crippen LogP contribution in [0.25, 0.3) is 0 Å². The summed E-state index contributed by atoms with van der Waals surface area (Å²) in [5.41, 5.74) is 2.34. The molecule has 1 aromatic heterocycles. The highest BCUT2D eigenvalue weighted by molar-refractivity contribution is 6.29. The molecule has 0 spiro atoms. The van der Waals surface area contributed by atoms with E-state index in [2.05, 4.69) is 15.1 Å². The predicted octanol–water partition coefficient (Wildman–Crippen LogP) is 2.95. The van der Waals surface area contributed by atoms with Gasteiger partial charge in [-0.25, -0.2) is 0 Å². The molecule has 1 saturated heterocycles. The average molecular weight is 417 g/mol. The normalized spacial score (nSPS) is 18.9. The molecular weight excluding hydrogens is 392 g/mol. The van der Waals surface area contributed by atoms with Crippen molar-refractivity contribution in [2.75, 3.05) is 38.8 Å². The molecule has 2 aliphatic rings. The Hall–Kier alpha value is -2.54. The molecule has 2 aromatic rings. The number of amides is 1. The number of hydrogen-bond donors (Lipinski definition) is 0. The third-order valence-corrected chi connectivity index (χ3v) is 5.94. The maximum Gasteiger partial charge on any atom is 0.227 e. The quantitative estimate of drug-likeness (QED) is 0.763. The van der Waals surface area contributed by atoms with Gasteiger partial charge >= 0.3 is 0 Å². The number of nitrogens with zero attached hydrogens (tertiary/aromatic N) is 4. The molecule has 8 heteroatoms. The number of rotatable bonds is 4. The molecule has 0 N–H and O–H groups in total. The van der Waals surface area contributed by atoms with Crippen LogP contribution in [0.4, 0.5) is 5.82 Å². The van der Waals surface area contributed by atoms with Crippen LogP contribution in [0, 0.1) is 5.92 Å². The zero-order chi connectivity index (χ0) is 20.4. The standard InChI is InChI=1S/C21H25ClN4O3/c1-28-17-10-14-7-9-26(13-16(14)11-18(17)29-2)21(27)15-4-3-8-25(12-15)20-6-5-19(22)23-24-20/h5-6,10-11,15H,3-4,7-9,12-13H2,1-2H3/t15-/m1/s1. The van der Waals surface area contributed by atoms with Gasteiger partial charge in [-0.3, -0.25) is 4.79 Å². The number of anilines is 1. The molecule has 1 atom stereocenters. The molecule has 0 radical (unpaired) electrons. The highest BCUT2D eigenvalue weighted by Gasteiger charge is 2.32. The van der Waals surface area contributed by atoms with Gasteiger partial charge in [-0.05, 0) is 54.7 Å². The number of aromatic nitrogens is 2. The molecule has 29 heavy (non-hydrogen) atoms. The van der Waals surface area contributed by atoms with E-state index in [0.717, 1.165) is 49.5 Å². The van der Waals surface area contributed by atoms with E-state index in [1.54, 1.807) is 20.3 Å². The number of fused-ring (bicyclic) bond motifs is 1. The largest absolute Gasteiger partial charge is 0.493 e. The van der Waals surface area contributed by atoms with Crippen LogP contribution >= 0.6 is 11.6 Å².